The number of fused-ring (bicyclic) bond motifs is 1. The summed E-state index contributed by atoms with van der Waals surface area (Å²) < 4.78 is 14.1. The summed E-state index contributed by atoms with van der Waals surface area (Å²) in [5.41, 5.74) is 1.48. The molecule has 1 N–H and O–H groups in total. The number of aromatic nitrogens is 2. The lowest BCUT2D eigenvalue weighted by Crippen LogP contribution is -2.45. The number of aryl methyl sites for hydroxylation is 1. The van der Waals surface area contributed by atoms with Crippen molar-refractivity contribution in [2.75, 3.05) is 6.61 Å². The second-order valence-corrected chi connectivity index (χ2v) is 10.8. The summed E-state index contributed by atoms with van der Waals surface area (Å²) in [5.74, 6) is 0. The molecule has 0 bridgehead atoms. The predicted molar refractivity (Wildman–Crippen MR) is 124 cm³/mol. The van der Waals surface area contributed by atoms with E-state index in [4.69, 9.17) is 9.47 Å². The summed E-state index contributed by atoms with van der Waals surface area (Å²) in [5, 5.41) is 4.52. The minimum Gasteiger partial charge on any atom is -0.443 e. The second kappa shape index (κ2) is 8.15. The molecule has 1 amide bonds. The molecule has 0 spiro atoms. The third kappa shape index (κ3) is 4.38. The van der Waals surface area contributed by atoms with Gasteiger partial charge in [-0.05, 0) is 65.9 Å². The van der Waals surface area contributed by atoms with Crippen molar-refractivity contribution in [1.29, 1.82) is 0 Å². The summed E-state index contributed by atoms with van der Waals surface area (Å²) in [6.07, 6.45) is 4.28. The molecule has 2 fully saturated rings. The van der Waals surface area contributed by atoms with Crippen LogP contribution < -0.4 is 16.7 Å². The Morgan fingerprint density at radius 2 is 2.09 bits per heavy atom. The fraction of sp³-hybridized carbons (Fsp3) is 0.636. The van der Waals surface area contributed by atoms with Crippen LogP contribution in [0.25, 0.3) is 10.2 Å². The van der Waals surface area contributed by atoms with Crippen LogP contribution in [0.2, 0.25) is 0 Å². The van der Waals surface area contributed by atoms with Crippen molar-refractivity contribution < 1.29 is 14.3 Å². The van der Waals surface area contributed by atoms with Gasteiger partial charge in [-0.3, -0.25) is 13.9 Å². The number of amides is 1. The Kier molecular flexibility index (Phi) is 5.79. The Hall–Kier alpha value is -2.46. The number of hydrogen-bond donors (Lipinski definition) is 1. The number of rotatable bonds is 5. The zero-order valence-electron chi connectivity index (χ0n) is 19.2. The molecule has 0 aromatic carbocycles. The lowest BCUT2D eigenvalue weighted by molar-refractivity contribution is 0.0529. The van der Waals surface area contributed by atoms with Crippen LogP contribution in [0.3, 0.4) is 0 Å². The third-order valence-electron chi connectivity index (χ3n) is 5.91. The maximum absolute atomic E-state index is 13.4. The third-order valence-corrected chi connectivity index (χ3v) is 7.16. The fourth-order valence-electron chi connectivity index (χ4n) is 3.96. The molecular formula is C22H30N4O5S. The largest absolute Gasteiger partial charge is 0.443 e. The Morgan fingerprint density at radius 1 is 1.38 bits per heavy atom. The Labute approximate surface area is 190 Å². The van der Waals surface area contributed by atoms with Crippen LogP contribution in [0.4, 0.5) is 4.79 Å². The number of thiophene rings is 1. The molecule has 1 saturated carbocycles. The van der Waals surface area contributed by atoms with E-state index in [2.05, 4.69) is 10.5 Å². The molecular weight excluding hydrogens is 432 g/mol. The molecule has 3 heterocycles. The molecule has 174 valence electrons. The lowest BCUT2D eigenvalue weighted by atomic mass is 10.2. The molecule has 4 rings (SSSR count). The van der Waals surface area contributed by atoms with Crippen molar-refractivity contribution in [3.05, 3.63) is 31.3 Å². The summed E-state index contributed by atoms with van der Waals surface area (Å²) in [7, 11) is 0. The van der Waals surface area contributed by atoms with Gasteiger partial charge in [0.05, 0.1) is 34.7 Å². The first-order valence-corrected chi connectivity index (χ1v) is 11.7. The summed E-state index contributed by atoms with van der Waals surface area (Å²) in [4.78, 5) is 40.0. The van der Waals surface area contributed by atoms with Crippen LogP contribution in [0, 0.1) is 6.92 Å². The molecule has 1 aliphatic carbocycles. The number of nitrogens with zero attached hydrogens (tertiary/aromatic N) is 3. The molecule has 2 aromatic heterocycles. The Morgan fingerprint density at radius 3 is 2.69 bits per heavy atom. The van der Waals surface area contributed by atoms with Gasteiger partial charge in [-0.25, -0.2) is 15.0 Å². The van der Waals surface area contributed by atoms with Crippen LogP contribution in [-0.4, -0.2) is 39.8 Å². The zero-order valence-corrected chi connectivity index (χ0v) is 20.0. The monoisotopic (exact) mass is 462 g/mol. The molecule has 1 saturated heterocycles. The molecule has 0 radical (unpaired) electrons. The van der Waals surface area contributed by atoms with Crippen LogP contribution in [0.1, 0.15) is 63.8 Å². The molecule has 1 aliphatic heterocycles. The van der Waals surface area contributed by atoms with Crippen LogP contribution in [0.5, 0.6) is 0 Å². The van der Waals surface area contributed by atoms with Crippen LogP contribution in [-0.2, 0) is 21.6 Å². The minimum absolute atomic E-state index is 0.0396. The van der Waals surface area contributed by atoms with E-state index in [0.29, 0.717) is 28.2 Å². The molecule has 10 heteroatoms. The molecule has 9 nitrogen and oxygen atoms in total. The van der Waals surface area contributed by atoms with Gasteiger partial charge in [0.2, 0.25) is 0 Å². The maximum atomic E-state index is 13.4. The van der Waals surface area contributed by atoms with Gasteiger partial charge in [0, 0.05) is 6.61 Å². The number of carbonyl (C=O) groups is 1. The molecule has 32 heavy (non-hydrogen) atoms. The van der Waals surface area contributed by atoms with Crippen LogP contribution >= 0.6 is 11.3 Å². The van der Waals surface area contributed by atoms with E-state index < -0.39 is 17.2 Å². The van der Waals surface area contributed by atoms with Crippen LogP contribution in [0.15, 0.2) is 14.7 Å². The van der Waals surface area contributed by atoms with Gasteiger partial charge in [0.1, 0.15) is 10.4 Å². The molecule has 1 atom stereocenters. The standard InChI is InChI=1S/C22H30N4O5S/c1-13-15(11-23-24-19(28)31-21(2,3)4)32-18-16(13)17(27)26(22(5)8-9-22)20(29)25(18)12-14-7-6-10-30-14/h11,14H,6-10,12H2,1-5H3,(H,24,28)/t14-/m1/s1. The Balaban J connectivity index is 1.75. The molecule has 2 aromatic rings. The van der Waals surface area contributed by atoms with Gasteiger partial charge in [0.15, 0.2) is 0 Å². The molecule has 0 unspecified atom stereocenters. The highest BCUT2D eigenvalue weighted by Crippen LogP contribution is 2.41. The number of carbonyl (C=O) groups excluding carboxylic acids is 1. The quantitative estimate of drug-likeness (QED) is 0.543. The van der Waals surface area contributed by atoms with Crippen molar-refractivity contribution in [2.45, 2.75) is 84.1 Å². The number of ether oxygens (including phenoxy) is 2. The number of hydrogen-bond acceptors (Lipinski definition) is 7. The smallest absolute Gasteiger partial charge is 0.428 e. The van der Waals surface area contributed by atoms with Crippen molar-refractivity contribution in [2.24, 2.45) is 5.10 Å². The number of hydrazone groups is 1. The second-order valence-electron chi connectivity index (χ2n) is 9.81. The fourth-order valence-corrected chi connectivity index (χ4v) is 5.14. The highest BCUT2D eigenvalue weighted by molar-refractivity contribution is 7.20. The van der Waals surface area contributed by atoms with E-state index in [9.17, 15) is 14.4 Å². The van der Waals surface area contributed by atoms with Gasteiger partial charge >= 0.3 is 11.8 Å². The van der Waals surface area contributed by atoms with E-state index in [0.717, 1.165) is 31.2 Å². The highest BCUT2D eigenvalue weighted by Gasteiger charge is 2.43. The van der Waals surface area contributed by atoms with Crippen molar-refractivity contribution in [3.8, 4) is 0 Å². The van der Waals surface area contributed by atoms with Gasteiger partial charge in [0.25, 0.3) is 5.56 Å². The maximum Gasteiger partial charge on any atom is 0.428 e. The average Bonchev–Trinajstić information content (AvgIpc) is 3.09. The van der Waals surface area contributed by atoms with Crippen molar-refractivity contribution in [1.82, 2.24) is 14.6 Å². The average molecular weight is 463 g/mol. The highest BCUT2D eigenvalue weighted by atomic mass is 32.1. The topological polar surface area (TPSA) is 104 Å². The van der Waals surface area contributed by atoms with Gasteiger partial charge in [-0.2, -0.15) is 5.10 Å². The van der Waals surface area contributed by atoms with E-state index in [1.54, 1.807) is 25.3 Å². The lowest BCUT2D eigenvalue weighted by Gasteiger charge is -2.18. The normalized spacial score (nSPS) is 20.2. The van der Waals surface area contributed by atoms with Crippen molar-refractivity contribution >= 4 is 33.9 Å². The van der Waals surface area contributed by atoms with E-state index >= 15 is 0 Å². The first-order valence-electron chi connectivity index (χ1n) is 10.9. The van der Waals surface area contributed by atoms with E-state index in [-0.39, 0.29) is 17.4 Å². The summed E-state index contributed by atoms with van der Waals surface area (Å²) >= 11 is 1.32. The van der Waals surface area contributed by atoms with Gasteiger partial charge in [-0.15, -0.1) is 11.3 Å². The minimum atomic E-state index is -0.660. The SMILES string of the molecule is Cc1c(C=NNC(=O)OC(C)(C)C)sc2c1c(=O)n(C1(C)CC1)c(=O)n2C[C@H]1CCCO1. The predicted octanol–water partition coefficient (Wildman–Crippen LogP) is 3.08. The molecule has 2 aliphatic rings. The first kappa shape index (κ1) is 22.7. The van der Waals surface area contributed by atoms with Gasteiger partial charge in [-0.1, -0.05) is 0 Å². The number of nitrogens with one attached hydrogen (secondary N) is 1. The van der Waals surface area contributed by atoms with E-state index in [1.807, 2.05) is 13.8 Å². The zero-order chi connectivity index (χ0) is 23.3. The van der Waals surface area contributed by atoms with E-state index in [1.165, 1.54) is 22.1 Å². The Bertz CT molecular complexity index is 1190. The van der Waals surface area contributed by atoms with Crippen molar-refractivity contribution in [3.63, 3.8) is 0 Å². The summed E-state index contributed by atoms with van der Waals surface area (Å²) in [6, 6.07) is 0. The van der Waals surface area contributed by atoms with Gasteiger partial charge < -0.3 is 9.47 Å². The first-order chi connectivity index (χ1) is 15.0. The summed E-state index contributed by atoms with van der Waals surface area (Å²) in [6.45, 7) is 10.2.